The molecule has 2 unspecified atom stereocenters. The molecule has 2 fully saturated rings. The first-order valence-corrected chi connectivity index (χ1v) is 4.82. The average Bonchev–Trinajstić information content (AvgIpc) is 2.71. The molecule has 0 aromatic rings. The molecule has 0 bridgehead atoms. The Morgan fingerprint density at radius 3 is 2.92 bits per heavy atom. The van der Waals surface area contributed by atoms with E-state index in [1.165, 1.54) is 0 Å². The fourth-order valence-electron chi connectivity index (χ4n) is 1.77. The summed E-state index contributed by atoms with van der Waals surface area (Å²) in [6.07, 6.45) is 0.624. The molecule has 74 valence electrons. The number of Topliss-reactive ketones (excluding diaryl/α,β-unsaturated/α-hetero) is 1. The van der Waals surface area contributed by atoms with Crippen molar-refractivity contribution in [3.63, 3.8) is 0 Å². The van der Waals surface area contributed by atoms with Gasteiger partial charge in [0.1, 0.15) is 6.10 Å². The van der Waals surface area contributed by atoms with Gasteiger partial charge in [0.05, 0.1) is 13.2 Å². The topological polar surface area (TPSA) is 47.6 Å². The summed E-state index contributed by atoms with van der Waals surface area (Å²) in [5.41, 5.74) is 0. The Bertz CT molecular complexity index is 183. The van der Waals surface area contributed by atoms with Crippen molar-refractivity contribution in [2.45, 2.75) is 12.5 Å². The maximum absolute atomic E-state index is 11.8. The van der Waals surface area contributed by atoms with Gasteiger partial charge < -0.3 is 14.8 Å². The lowest BCUT2D eigenvalue weighted by molar-refractivity contribution is -0.136. The number of carbonyl (C=O) groups excluding carboxylic acids is 1. The van der Waals surface area contributed by atoms with Crippen molar-refractivity contribution in [1.82, 2.24) is 5.32 Å². The van der Waals surface area contributed by atoms with Crippen LogP contribution in [0.1, 0.15) is 6.42 Å². The van der Waals surface area contributed by atoms with Gasteiger partial charge in [-0.05, 0) is 6.42 Å². The van der Waals surface area contributed by atoms with Gasteiger partial charge in [-0.2, -0.15) is 0 Å². The summed E-state index contributed by atoms with van der Waals surface area (Å²) in [5, 5.41) is 3.15. The quantitative estimate of drug-likeness (QED) is 0.635. The molecule has 2 heterocycles. The highest BCUT2D eigenvalue weighted by Crippen LogP contribution is 2.16. The van der Waals surface area contributed by atoms with Gasteiger partial charge in [0.2, 0.25) is 0 Å². The van der Waals surface area contributed by atoms with Gasteiger partial charge >= 0.3 is 0 Å². The molecule has 0 aliphatic carbocycles. The molecule has 0 saturated carbocycles. The summed E-state index contributed by atoms with van der Waals surface area (Å²) >= 11 is 0. The van der Waals surface area contributed by atoms with E-state index in [2.05, 4.69) is 5.32 Å². The molecule has 2 atom stereocenters. The summed E-state index contributed by atoms with van der Waals surface area (Å²) in [6, 6.07) is 0. The second-order valence-corrected chi connectivity index (χ2v) is 3.53. The van der Waals surface area contributed by atoms with Crippen molar-refractivity contribution in [1.29, 1.82) is 0 Å². The van der Waals surface area contributed by atoms with Gasteiger partial charge in [-0.25, -0.2) is 0 Å². The Morgan fingerprint density at radius 2 is 2.31 bits per heavy atom. The average molecular weight is 185 g/mol. The molecule has 4 nitrogen and oxygen atoms in total. The first-order valence-electron chi connectivity index (χ1n) is 4.82. The van der Waals surface area contributed by atoms with Crippen LogP contribution in [-0.4, -0.2) is 44.8 Å². The number of hydrogen-bond donors (Lipinski definition) is 1. The van der Waals surface area contributed by atoms with Gasteiger partial charge in [-0.15, -0.1) is 0 Å². The highest BCUT2D eigenvalue weighted by Gasteiger charge is 2.31. The Labute approximate surface area is 77.6 Å². The lowest BCUT2D eigenvalue weighted by atomic mass is 9.98. The van der Waals surface area contributed by atoms with Crippen LogP contribution in [0.4, 0.5) is 0 Å². The van der Waals surface area contributed by atoms with Crippen LogP contribution in [0.15, 0.2) is 0 Å². The predicted octanol–water partition coefficient (Wildman–Crippen LogP) is -0.420. The first-order chi connectivity index (χ1) is 6.38. The molecule has 1 N–H and O–H groups in total. The molecule has 0 aromatic carbocycles. The summed E-state index contributed by atoms with van der Waals surface area (Å²) < 4.78 is 10.6. The Balaban J connectivity index is 1.87. The molecule has 0 aromatic heterocycles. The predicted molar refractivity (Wildman–Crippen MR) is 46.5 cm³/mol. The number of morpholine rings is 1. The second-order valence-electron chi connectivity index (χ2n) is 3.53. The summed E-state index contributed by atoms with van der Waals surface area (Å²) in [4.78, 5) is 11.8. The highest BCUT2D eigenvalue weighted by molar-refractivity contribution is 5.86. The van der Waals surface area contributed by atoms with Crippen LogP contribution in [-0.2, 0) is 14.3 Å². The van der Waals surface area contributed by atoms with Crippen LogP contribution in [0.3, 0.4) is 0 Å². The van der Waals surface area contributed by atoms with Crippen LogP contribution in [0, 0.1) is 5.92 Å². The van der Waals surface area contributed by atoms with Gasteiger partial charge in [0.15, 0.2) is 5.78 Å². The van der Waals surface area contributed by atoms with Crippen LogP contribution in [0.2, 0.25) is 0 Å². The molecule has 2 rings (SSSR count). The largest absolute Gasteiger partial charge is 0.381 e. The van der Waals surface area contributed by atoms with Gasteiger partial charge in [-0.3, -0.25) is 4.79 Å². The lowest BCUT2D eigenvalue weighted by Gasteiger charge is -2.24. The van der Waals surface area contributed by atoms with E-state index in [1.54, 1.807) is 0 Å². The third kappa shape index (κ3) is 2.07. The molecule has 13 heavy (non-hydrogen) atoms. The smallest absolute Gasteiger partial charge is 0.168 e. The van der Waals surface area contributed by atoms with Crippen LogP contribution in [0.25, 0.3) is 0 Å². The zero-order valence-corrected chi connectivity index (χ0v) is 7.62. The second kappa shape index (κ2) is 4.17. The van der Waals surface area contributed by atoms with Crippen molar-refractivity contribution in [3.05, 3.63) is 0 Å². The Morgan fingerprint density at radius 1 is 1.38 bits per heavy atom. The van der Waals surface area contributed by atoms with Crippen molar-refractivity contribution in [2.75, 3.05) is 32.9 Å². The zero-order chi connectivity index (χ0) is 9.10. The number of ether oxygens (including phenoxy) is 2. The minimum Gasteiger partial charge on any atom is -0.381 e. The fourth-order valence-corrected chi connectivity index (χ4v) is 1.77. The maximum atomic E-state index is 11.8. The van der Waals surface area contributed by atoms with Crippen LogP contribution in [0.5, 0.6) is 0 Å². The molecular formula is C9H15NO3. The minimum atomic E-state index is -0.236. The van der Waals surface area contributed by atoms with E-state index in [4.69, 9.17) is 9.47 Å². The van der Waals surface area contributed by atoms with Crippen LogP contribution < -0.4 is 5.32 Å². The molecule has 4 heteroatoms. The van der Waals surface area contributed by atoms with Crippen molar-refractivity contribution in [3.8, 4) is 0 Å². The lowest BCUT2D eigenvalue weighted by Crippen LogP contribution is -2.45. The molecule has 0 radical (unpaired) electrons. The number of rotatable bonds is 2. The summed E-state index contributed by atoms with van der Waals surface area (Å²) in [6.45, 7) is 3.46. The van der Waals surface area contributed by atoms with Gasteiger partial charge in [0, 0.05) is 25.6 Å². The molecule has 0 amide bonds. The molecular weight excluding hydrogens is 170 g/mol. The van der Waals surface area contributed by atoms with E-state index < -0.39 is 0 Å². The number of hydrogen-bond acceptors (Lipinski definition) is 4. The van der Waals surface area contributed by atoms with Crippen LogP contribution >= 0.6 is 0 Å². The van der Waals surface area contributed by atoms with E-state index in [0.717, 1.165) is 19.6 Å². The minimum absolute atomic E-state index is 0.0740. The zero-order valence-electron chi connectivity index (χ0n) is 7.62. The van der Waals surface area contributed by atoms with Crippen molar-refractivity contribution in [2.24, 2.45) is 5.92 Å². The van der Waals surface area contributed by atoms with Crippen molar-refractivity contribution >= 4 is 5.78 Å². The number of carbonyl (C=O) groups is 1. The third-order valence-electron chi connectivity index (χ3n) is 2.58. The maximum Gasteiger partial charge on any atom is 0.168 e. The third-order valence-corrected chi connectivity index (χ3v) is 2.58. The number of ketones is 1. The SMILES string of the molecule is O=C(C1CCOC1)C1CNCCO1. The number of nitrogens with one attached hydrogen (secondary N) is 1. The monoisotopic (exact) mass is 185 g/mol. The fraction of sp³-hybridized carbons (Fsp3) is 0.889. The highest BCUT2D eigenvalue weighted by atomic mass is 16.5. The normalized spacial score (nSPS) is 34.8. The molecule has 2 saturated heterocycles. The van der Waals surface area contributed by atoms with Crippen molar-refractivity contribution < 1.29 is 14.3 Å². The Hall–Kier alpha value is -0.450. The van der Waals surface area contributed by atoms with E-state index in [9.17, 15) is 4.79 Å². The standard InChI is InChI=1S/C9H15NO3/c11-9(7-1-3-12-6-7)8-5-10-2-4-13-8/h7-8,10H,1-6H2. The van der Waals surface area contributed by atoms with E-state index in [1.807, 2.05) is 0 Å². The molecule has 2 aliphatic rings. The summed E-state index contributed by atoms with van der Waals surface area (Å²) in [5.74, 6) is 0.287. The molecule has 0 spiro atoms. The van der Waals surface area contributed by atoms with Gasteiger partial charge in [-0.1, -0.05) is 0 Å². The van der Waals surface area contributed by atoms with E-state index in [0.29, 0.717) is 19.8 Å². The van der Waals surface area contributed by atoms with E-state index in [-0.39, 0.29) is 17.8 Å². The molecule has 2 aliphatic heterocycles. The van der Waals surface area contributed by atoms with Gasteiger partial charge in [0.25, 0.3) is 0 Å². The Kier molecular flexibility index (Phi) is 2.93. The van der Waals surface area contributed by atoms with E-state index >= 15 is 0 Å². The first kappa shape index (κ1) is 9.12. The summed E-state index contributed by atoms with van der Waals surface area (Å²) in [7, 11) is 0.